The lowest BCUT2D eigenvalue weighted by atomic mass is 10.1. The maximum absolute atomic E-state index is 8.90. The molecule has 0 aliphatic rings. The Bertz CT molecular complexity index is 306. The third-order valence-electron chi connectivity index (χ3n) is 2.31. The summed E-state index contributed by atoms with van der Waals surface area (Å²) in [4.78, 5) is 8.47. The summed E-state index contributed by atoms with van der Waals surface area (Å²) in [7, 11) is 0. The maximum atomic E-state index is 8.90. The van der Waals surface area contributed by atoms with Gasteiger partial charge in [0.25, 0.3) is 0 Å². The Balaban J connectivity index is 2.60. The van der Waals surface area contributed by atoms with Gasteiger partial charge < -0.3 is 15.7 Å². The van der Waals surface area contributed by atoms with Crippen molar-refractivity contribution in [3.63, 3.8) is 0 Å². The first-order valence-corrected chi connectivity index (χ1v) is 5.73. The van der Waals surface area contributed by atoms with Crippen molar-refractivity contribution in [2.24, 2.45) is 0 Å². The van der Waals surface area contributed by atoms with Crippen LogP contribution >= 0.6 is 0 Å². The van der Waals surface area contributed by atoms with Crippen molar-refractivity contribution in [3.8, 4) is 0 Å². The van der Waals surface area contributed by atoms with E-state index in [1.54, 1.807) is 12.4 Å². The highest BCUT2D eigenvalue weighted by Crippen LogP contribution is 2.10. The molecular formula is C11H20N4O. The number of rotatable bonds is 7. The second-order valence-corrected chi connectivity index (χ2v) is 3.58. The van der Waals surface area contributed by atoms with Crippen LogP contribution < -0.4 is 10.6 Å². The first-order chi connectivity index (χ1) is 7.80. The Kier molecular flexibility index (Phi) is 5.56. The zero-order valence-electron chi connectivity index (χ0n) is 9.90. The highest BCUT2D eigenvalue weighted by Gasteiger charge is 2.06. The molecule has 0 saturated carbocycles. The maximum Gasteiger partial charge on any atom is 0.147 e. The molecule has 1 heterocycles. The molecule has 1 aromatic heterocycles. The predicted molar refractivity (Wildman–Crippen MR) is 65.6 cm³/mol. The number of nitrogens with zero attached hydrogens (tertiary/aromatic N) is 2. The zero-order chi connectivity index (χ0) is 11.8. The molecule has 5 nitrogen and oxygen atoms in total. The number of aliphatic hydroxyl groups is 1. The minimum Gasteiger partial charge on any atom is -0.396 e. The highest BCUT2D eigenvalue weighted by molar-refractivity contribution is 5.41. The van der Waals surface area contributed by atoms with Gasteiger partial charge in [-0.3, -0.25) is 4.98 Å². The summed E-state index contributed by atoms with van der Waals surface area (Å²) in [5.74, 6) is 1.52. The smallest absolute Gasteiger partial charge is 0.147 e. The summed E-state index contributed by atoms with van der Waals surface area (Å²) in [5.41, 5.74) is 0. The van der Waals surface area contributed by atoms with E-state index in [0.29, 0.717) is 0 Å². The van der Waals surface area contributed by atoms with Gasteiger partial charge in [-0.25, -0.2) is 4.98 Å². The van der Waals surface area contributed by atoms with Gasteiger partial charge in [0.15, 0.2) is 0 Å². The largest absolute Gasteiger partial charge is 0.396 e. The Hall–Kier alpha value is -1.36. The van der Waals surface area contributed by atoms with Crippen LogP contribution in [-0.2, 0) is 0 Å². The molecule has 0 spiro atoms. The Morgan fingerprint density at radius 2 is 2.06 bits per heavy atom. The van der Waals surface area contributed by atoms with Crippen LogP contribution in [0.1, 0.15) is 26.7 Å². The first-order valence-electron chi connectivity index (χ1n) is 5.73. The molecule has 0 amide bonds. The molecule has 0 aliphatic carbocycles. The molecule has 5 heteroatoms. The second kappa shape index (κ2) is 7.00. The summed E-state index contributed by atoms with van der Waals surface area (Å²) in [5, 5.41) is 15.3. The van der Waals surface area contributed by atoms with Crippen LogP contribution in [0, 0.1) is 0 Å². The van der Waals surface area contributed by atoms with Gasteiger partial charge in [-0.1, -0.05) is 6.92 Å². The number of aromatic nitrogens is 2. The molecule has 1 atom stereocenters. The average Bonchev–Trinajstić information content (AvgIpc) is 2.29. The molecule has 1 rings (SSSR count). The summed E-state index contributed by atoms with van der Waals surface area (Å²) in [6.07, 6.45) is 5.07. The van der Waals surface area contributed by atoms with Gasteiger partial charge in [0.05, 0.1) is 12.4 Å². The van der Waals surface area contributed by atoms with Crippen LogP contribution in [0.4, 0.5) is 11.6 Å². The van der Waals surface area contributed by atoms with Crippen LogP contribution in [0.5, 0.6) is 0 Å². The van der Waals surface area contributed by atoms with Gasteiger partial charge >= 0.3 is 0 Å². The van der Waals surface area contributed by atoms with E-state index >= 15 is 0 Å². The second-order valence-electron chi connectivity index (χ2n) is 3.58. The fourth-order valence-corrected chi connectivity index (χ4v) is 1.45. The lowest BCUT2D eigenvalue weighted by molar-refractivity contribution is 0.278. The normalized spacial score (nSPS) is 12.2. The van der Waals surface area contributed by atoms with E-state index in [-0.39, 0.29) is 12.6 Å². The lowest BCUT2D eigenvalue weighted by Gasteiger charge is -2.16. The third-order valence-corrected chi connectivity index (χ3v) is 2.31. The molecule has 0 aliphatic heterocycles. The number of hydrogen-bond donors (Lipinski definition) is 3. The predicted octanol–water partition coefficient (Wildman–Crippen LogP) is 1.48. The van der Waals surface area contributed by atoms with E-state index in [0.717, 1.165) is 31.0 Å². The fourth-order valence-electron chi connectivity index (χ4n) is 1.45. The van der Waals surface area contributed by atoms with Crippen molar-refractivity contribution < 1.29 is 5.11 Å². The number of nitrogens with one attached hydrogen (secondary N) is 2. The van der Waals surface area contributed by atoms with Gasteiger partial charge in [0.2, 0.25) is 0 Å². The van der Waals surface area contributed by atoms with Crippen LogP contribution in [-0.4, -0.2) is 34.3 Å². The van der Waals surface area contributed by atoms with Crippen molar-refractivity contribution in [2.45, 2.75) is 32.7 Å². The van der Waals surface area contributed by atoms with E-state index in [1.165, 1.54) is 0 Å². The molecule has 0 radical (unpaired) electrons. The van der Waals surface area contributed by atoms with E-state index < -0.39 is 0 Å². The van der Waals surface area contributed by atoms with Gasteiger partial charge in [-0.2, -0.15) is 0 Å². The third kappa shape index (κ3) is 4.02. The zero-order valence-corrected chi connectivity index (χ0v) is 9.90. The van der Waals surface area contributed by atoms with Crippen LogP contribution in [0.2, 0.25) is 0 Å². The minimum absolute atomic E-state index is 0.186. The monoisotopic (exact) mass is 224 g/mol. The van der Waals surface area contributed by atoms with Crippen molar-refractivity contribution in [2.75, 3.05) is 23.8 Å². The van der Waals surface area contributed by atoms with Crippen molar-refractivity contribution >= 4 is 11.6 Å². The Labute approximate surface area is 96.3 Å². The van der Waals surface area contributed by atoms with E-state index in [1.807, 2.05) is 6.92 Å². The van der Waals surface area contributed by atoms with Crippen molar-refractivity contribution in [3.05, 3.63) is 12.4 Å². The molecular weight excluding hydrogens is 204 g/mol. The number of anilines is 2. The Morgan fingerprint density at radius 1 is 1.31 bits per heavy atom. The molecule has 1 unspecified atom stereocenters. The summed E-state index contributed by atoms with van der Waals surface area (Å²) >= 11 is 0. The van der Waals surface area contributed by atoms with Crippen molar-refractivity contribution in [1.29, 1.82) is 0 Å². The Morgan fingerprint density at radius 3 is 2.69 bits per heavy atom. The highest BCUT2D eigenvalue weighted by atomic mass is 16.3. The molecule has 0 bridgehead atoms. The number of aliphatic hydroxyl groups excluding tert-OH is 1. The first kappa shape index (κ1) is 12.7. The van der Waals surface area contributed by atoms with E-state index in [9.17, 15) is 0 Å². The summed E-state index contributed by atoms with van der Waals surface area (Å²) < 4.78 is 0. The molecule has 0 saturated heterocycles. The minimum atomic E-state index is 0.186. The molecule has 0 fully saturated rings. The van der Waals surface area contributed by atoms with Gasteiger partial charge in [0, 0.05) is 19.2 Å². The molecule has 90 valence electrons. The fraction of sp³-hybridized carbons (Fsp3) is 0.636. The summed E-state index contributed by atoms with van der Waals surface area (Å²) in [6.45, 7) is 5.11. The SMILES string of the molecule is CCNc1cncc(NC(CC)CCO)n1. The van der Waals surface area contributed by atoms with Gasteiger partial charge in [0.1, 0.15) is 11.6 Å². The van der Waals surface area contributed by atoms with Crippen molar-refractivity contribution in [1.82, 2.24) is 9.97 Å². The van der Waals surface area contributed by atoms with E-state index in [2.05, 4.69) is 27.5 Å². The molecule has 16 heavy (non-hydrogen) atoms. The lowest BCUT2D eigenvalue weighted by Crippen LogP contribution is -2.20. The topological polar surface area (TPSA) is 70.1 Å². The van der Waals surface area contributed by atoms with Gasteiger partial charge in [-0.15, -0.1) is 0 Å². The van der Waals surface area contributed by atoms with E-state index in [4.69, 9.17) is 5.11 Å². The van der Waals surface area contributed by atoms with Crippen LogP contribution in [0.3, 0.4) is 0 Å². The number of hydrogen-bond acceptors (Lipinski definition) is 5. The van der Waals surface area contributed by atoms with Crippen LogP contribution in [0.15, 0.2) is 12.4 Å². The average molecular weight is 224 g/mol. The van der Waals surface area contributed by atoms with Gasteiger partial charge in [-0.05, 0) is 19.8 Å². The molecule has 1 aromatic rings. The molecule has 3 N–H and O–H groups in total. The quantitative estimate of drug-likeness (QED) is 0.654. The summed E-state index contributed by atoms with van der Waals surface area (Å²) in [6, 6.07) is 0.246. The van der Waals surface area contributed by atoms with Crippen LogP contribution in [0.25, 0.3) is 0 Å². The molecule has 0 aromatic carbocycles. The standard InChI is InChI=1S/C11H20N4O/c1-3-9(5-6-16)14-11-8-12-7-10(15-11)13-4-2/h7-9,16H,3-6H2,1-2H3,(H2,13,14,15).